The van der Waals surface area contributed by atoms with Gasteiger partial charge in [0.15, 0.2) is 0 Å². The first kappa shape index (κ1) is 14.3. The standard InChI is InChI=1S/C15H26N4/c1-4-6-9-19(5-2)15-17-11-13(12(3)18-15)10-16-14-7-8-14/h11,14,16H,4-10H2,1-3H3. The van der Waals surface area contributed by atoms with Crippen LogP contribution < -0.4 is 10.2 Å². The average molecular weight is 262 g/mol. The summed E-state index contributed by atoms with van der Waals surface area (Å²) in [5, 5.41) is 3.52. The van der Waals surface area contributed by atoms with Crippen LogP contribution in [0.4, 0.5) is 5.95 Å². The topological polar surface area (TPSA) is 41.1 Å². The van der Waals surface area contributed by atoms with Crippen LogP contribution in [-0.4, -0.2) is 29.1 Å². The number of aryl methyl sites for hydroxylation is 1. The fourth-order valence-electron chi connectivity index (χ4n) is 2.10. The Kier molecular flexibility index (Phi) is 5.14. The Morgan fingerprint density at radius 3 is 2.74 bits per heavy atom. The van der Waals surface area contributed by atoms with Crippen molar-refractivity contribution in [3.63, 3.8) is 0 Å². The maximum absolute atomic E-state index is 4.67. The number of nitrogens with zero attached hydrogens (tertiary/aromatic N) is 3. The normalized spacial score (nSPS) is 14.7. The first-order valence-electron chi connectivity index (χ1n) is 7.55. The quantitative estimate of drug-likeness (QED) is 0.782. The number of anilines is 1. The zero-order valence-electron chi connectivity index (χ0n) is 12.4. The highest BCUT2D eigenvalue weighted by Crippen LogP contribution is 2.20. The van der Waals surface area contributed by atoms with Gasteiger partial charge < -0.3 is 10.2 Å². The predicted molar refractivity (Wildman–Crippen MR) is 79.4 cm³/mol. The van der Waals surface area contributed by atoms with Gasteiger partial charge in [-0.1, -0.05) is 13.3 Å². The number of aromatic nitrogens is 2. The summed E-state index contributed by atoms with van der Waals surface area (Å²) in [6, 6.07) is 0.732. The van der Waals surface area contributed by atoms with Crippen LogP contribution in [0.5, 0.6) is 0 Å². The third-order valence-electron chi connectivity index (χ3n) is 3.67. The van der Waals surface area contributed by atoms with E-state index in [1.807, 2.05) is 6.20 Å². The average Bonchev–Trinajstić information content (AvgIpc) is 3.23. The van der Waals surface area contributed by atoms with E-state index in [1.54, 1.807) is 0 Å². The lowest BCUT2D eigenvalue weighted by molar-refractivity contribution is 0.674. The molecule has 1 N–H and O–H groups in total. The van der Waals surface area contributed by atoms with E-state index in [2.05, 4.69) is 41.0 Å². The highest BCUT2D eigenvalue weighted by Gasteiger charge is 2.20. The first-order chi connectivity index (χ1) is 9.24. The molecular formula is C15H26N4. The van der Waals surface area contributed by atoms with Gasteiger partial charge in [0.2, 0.25) is 5.95 Å². The number of hydrogen-bond donors (Lipinski definition) is 1. The smallest absolute Gasteiger partial charge is 0.225 e. The molecule has 4 heteroatoms. The lowest BCUT2D eigenvalue weighted by atomic mass is 10.2. The Morgan fingerprint density at radius 2 is 2.16 bits per heavy atom. The zero-order chi connectivity index (χ0) is 13.7. The number of rotatable bonds is 8. The Hall–Kier alpha value is -1.16. The molecule has 0 bridgehead atoms. The molecule has 106 valence electrons. The summed E-state index contributed by atoms with van der Waals surface area (Å²) in [4.78, 5) is 11.5. The summed E-state index contributed by atoms with van der Waals surface area (Å²) in [5.74, 6) is 0.878. The van der Waals surface area contributed by atoms with Crippen molar-refractivity contribution < 1.29 is 0 Å². The highest BCUT2D eigenvalue weighted by molar-refractivity contribution is 5.32. The van der Waals surface area contributed by atoms with Gasteiger partial charge in [0.1, 0.15) is 0 Å². The van der Waals surface area contributed by atoms with Gasteiger partial charge in [-0.05, 0) is 33.1 Å². The highest BCUT2D eigenvalue weighted by atomic mass is 15.2. The van der Waals surface area contributed by atoms with E-state index in [9.17, 15) is 0 Å². The Bertz CT molecular complexity index is 401. The second kappa shape index (κ2) is 6.85. The number of unbranched alkanes of at least 4 members (excludes halogenated alkanes) is 1. The molecule has 1 heterocycles. The molecule has 0 spiro atoms. The second-order valence-corrected chi connectivity index (χ2v) is 5.37. The van der Waals surface area contributed by atoms with Crippen molar-refractivity contribution in [2.45, 2.75) is 59.0 Å². The van der Waals surface area contributed by atoms with Crippen LogP contribution in [-0.2, 0) is 6.54 Å². The van der Waals surface area contributed by atoms with E-state index in [0.29, 0.717) is 0 Å². The third-order valence-corrected chi connectivity index (χ3v) is 3.67. The van der Waals surface area contributed by atoms with Crippen LogP contribution >= 0.6 is 0 Å². The molecule has 0 aromatic carbocycles. The number of nitrogens with one attached hydrogen (secondary N) is 1. The molecule has 0 aliphatic heterocycles. The van der Waals surface area contributed by atoms with Crippen molar-refractivity contribution in [3.05, 3.63) is 17.5 Å². The van der Waals surface area contributed by atoms with Crippen molar-refractivity contribution in [2.75, 3.05) is 18.0 Å². The molecule has 0 radical (unpaired) electrons. The van der Waals surface area contributed by atoms with Crippen LogP contribution in [0, 0.1) is 6.92 Å². The van der Waals surface area contributed by atoms with Crippen LogP contribution in [0.15, 0.2) is 6.20 Å². The van der Waals surface area contributed by atoms with Gasteiger partial charge in [0.05, 0.1) is 0 Å². The molecule has 1 aromatic rings. The molecule has 1 saturated carbocycles. The van der Waals surface area contributed by atoms with Crippen LogP contribution in [0.1, 0.15) is 50.8 Å². The van der Waals surface area contributed by atoms with E-state index < -0.39 is 0 Å². The number of hydrogen-bond acceptors (Lipinski definition) is 4. The molecule has 0 unspecified atom stereocenters. The van der Waals surface area contributed by atoms with Crippen LogP contribution in [0.3, 0.4) is 0 Å². The summed E-state index contributed by atoms with van der Waals surface area (Å²) < 4.78 is 0. The van der Waals surface area contributed by atoms with Crippen LogP contribution in [0.25, 0.3) is 0 Å². The first-order valence-corrected chi connectivity index (χ1v) is 7.55. The lowest BCUT2D eigenvalue weighted by Gasteiger charge is -2.21. The molecule has 2 rings (SSSR count). The van der Waals surface area contributed by atoms with Gasteiger partial charge in [-0.25, -0.2) is 9.97 Å². The SMILES string of the molecule is CCCCN(CC)c1ncc(CNC2CC2)c(C)n1. The molecule has 1 fully saturated rings. The summed E-state index contributed by atoms with van der Waals surface area (Å²) >= 11 is 0. The van der Waals surface area contributed by atoms with Crippen molar-refractivity contribution >= 4 is 5.95 Å². The molecule has 1 aliphatic rings. The van der Waals surface area contributed by atoms with Gasteiger partial charge >= 0.3 is 0 Å². The Labute approximate surface area is 116 Å². The molecule has 1 aromatic heterocycles. The van der Waals surface area contributed by atoms with Crippen molar-refractivity contribution in [1.29, 1.82) is 0 Å². The van der Waals surface area contributed by atoms with Gasteiger partial charge in [-0.3, -0.25) is 0 Å². The van der Waals surface area contributed by atoms with Gasteiger partial charge in [-0.15, -0.1) is 0 Å². The van der Waals surface area contributed by atoms with E-state index >= 15 is 0 Å². The maximum atomic E-state index is 4.67. The third kappa shape index (κ3) is 4.16. The minimum atomic E-state index is 0.732. The molecule has 0 amide bonds. The minimum Gasteiger partial charge on any atom is -0.341 e. The van der Waals surface area contributed by atoms with Crippen molar-refractivity contribution in [1.82, 2.24) is 15.3 Å². The summed E-state index contributed by atoms with van der Waals surface area (Å²) in [7, 11) is 0. The molecule has 19 heavy (non-hydrogen) atoms. The summed E-state index contributed by atoms with van der Waals surface area (Å²) in [5.41, 5.74) is 2.33. The maximum Gasteiger partial charge on any atom is 0.225 e. The molecular weight excluding hydrogens is 236 g/mol. The summed E-state index contributed by atoms with van der Waals surface area (Å²) in [6.07, 6.45) is 7.03. The Morgan fingerprint density at radius 1 is 1.37 bits per heavy atom. The van der Waals surface area contributed by atoms with Crippen molar-refractivity contribution in [3.8, 4) is 0 Å². The van der Waals surface area contributed by atoms with Crippen molar-refractivity contribution in [2.24, 2.45) is 0 Å². The lowest BCUT2D eigenvalue weighted by Crippen LogP contribution is -2.26. The van der Waals surface area contributed by atoms with Crippen LogP contribution in [0.2, 0.25) is 0 Å². The van der Waals surface area contributed by atoms with E-state index in [-0.39, 0.29) is 0 Å². The Balaban J connectivity index is 1.98. The molecule has 1 aliphatic carbocycles. The van der Waals surface area contributed by atoms with E-state index in [1.165, 1.54) is 31.2 Å². The molecule has 0 atom stereocenters. The predicted octanol–water partition coefficient (Wildman–Crippen LogP) is 2.66. The van der Waals surface area contributed by atoms with E-state index in [4.69, 9.17) is 0 Å². The summed E-state index contributed by atoms with van der Waals surface area (Å²) in [6.45, 7) is 9.38. The minimum absolute atomic E-state index is 0.732. The largest absolute Gasteiger partial charge is 0.341 e. The second-order valence-electron chi connectivity index (χ2n) is 5.37. The van der Waals surface area contributed by atoms with Gasteiger partial charge in [-0.2, -0.15) is 0 Å². The molecule has 4 nitrogen and oxygen atoms in total. The van der Waals surface area contributed by atoms with Gasteiger partial charge in [0, 0.05) is 43.1 Å². The fraction of sp³-hybridized carbons (Fsp3) is 0.733. The molecule has 0 saturated heterocycles. The fourth-order valence-corrected chi connectivity index (χ4v) is 2.10. The van der Waals surface area contributed by atoms with Gasteiger partial charge in [0.25, 0.3) is 0 Å². The van der Waals surface area contributed by atoms with E-state index in [0.717, 1.165) is 37.3 Å². The monoisotopic (exact) mass is 262 g/mol. The zero-order valence-corrected chi connectivity index (χ0v) is 12.4.